The van der Waals surface area contributed by atoms with Gasteiger partial charge in [-0.1, -0.05) is 18.6 Å². The van der Waals surface area contributed by atoms with Gasteiger partial charge in [-0.3, -0.25) is 14.5 Å². The fraction of sp³-hybridized carbons (Fsp3) is 0.409. The number of nitrogens with zero attached hydrogens (tertiary/aromatic N) is 2. The fourth-order valence-electron chi connectivity index (χ4n) is 3.30. The Hall–Kier alpha value is -3.15. The van der Waals surface area contributed by atoms with E-state index in [1.807, 2.05) is 0 Å². The predicted octanol–water partition coefficient (Wildman–Crippen LogP) is 3.32. The van der Waals surface area contributed by atoms with Crippen LogP contribution in [0.4, 0.5) is 19.0 Å². The third-order valence-corrected chi connectivity index (χ3v) is 6.46. The monoisotopic (exact) mass is 497 g/mol. The van der Waals surface area contributed by atoms with Gasteiger partial charge >= 0.3 is 6.18 Å². The van der Waals surface area contributed by atoms with Crippen molar-refractivity contribution in [3.8, 4) is 0 Å². The molecule has 8 nitrogen and oxygen atoms in total. The predicted molar refractivity (Wildman–Crippen MR) is 122 cm³/mol. The highest BCUT2D eigenvalue weighted by atomic mass is 32.2. The Bertz CT molecular complexity index is 1120. The molecule has 0 saturated heterocycles. The Morgan fingerprint density at radius 2 is 1.82 bits per heavy atom. The SMILES string of the molecule is O=C(CCCCCN=C1NS(=O)(=O)c2ccccc21)NCCCNc1ccc(C(F)(F)F)cn1. The van der Waals surface area contributed by atoms with E-state index in [0.717, 1.165) is 25.1 Å². The molecule has 0 aliphatic carbocycles. The van der Waals surface area contributed by atoms with Crippen LogP contribution in [0.25, 0.3) is 0 Å². The minimum Gasteiger partial charge on any atom is -0.370 e. The van der Waals surface area contributed by atoms with E-state index in [9.17, 15) is 26.4 Å². The van der Waals surface area contributed by atoms with Crippen molar-refractivity contribution in [1.29, 1.82) is 0 Å². The van der Waals surface area contributed by atoms with Crippen LogP contribution in [0.15, 0.2) is 52.5 Å². The van der Waals surface area contributed by atoms with Gasteiger partial charge in [0.2, 0.25) is 5.91 Å². The van der Waals surface area contributed by atoms with Crippen molar-refractivity contribution in [3.05, 3.63) is 53.7 Å². The molecule has 0 fully saturated rings. The van der Waals surface area contributed by atoms with Crippen LogP contribution in [0.3, 0.4) is 0 Å². The van der Waals surface area contributed by atoms with Crippen LogP contribution in [0.1, 0.15) is 43.2 Å². The maximum atomic E-state index is 12.5. The molecule has 0 atom stereocenters. The second-order valence-corrected chi connectivity index (χ2v) is 9.35. The van der Waals surface area contributed by atoms with Crippen molar-refractivity contribution in [1.82, 2.24) is 15.0 Å². The Balaban J connectivity index is 1.24. The maximum Gasteiger partial charge on any atom is 0.417 e. The smallest absolute Gasteiger partial charge is 0.370 e. The number of carbonyl (C=O) groups is 1. The zero-order chi connectivity index (χ0) is 24.6. The standard InChI is InChI=1S/C22H26F3N5O3S/c23-22(24,25)16-10-11-19(29-15-16)26-13-6-14-27-20(31)9-2-1-5-12-28-21-17-7-3-4-8-18(17)34(32,33)30-21/h3-4,7-8,10-11,15H,1-2,5-6,9,12-14H2,(H,26,29)(H,27,31)(H,28,30). The highest BCUT2D eigenvalue weighted by Gasteiger charge is 2.31. The van der Waals surface area contributed by atoms with Gasteiger partial charge in [0.05, 0.1) is 10.5 Å². The molecule has 0 spiro atoms. The van der Waals surface area contributed by atoms with E-state index < -0.39 is 21.8 Å². The van der Waals surface area contributed by atoms with Crippen molar-refractivity contribution in [2.45, 2.75) is 43.2 Å². The Labute approximate surface area is 196 Å². The summed E-state index contributed by atoms with van der Waals surface area (Å²) in [6, 6.07) is 8.92. The summed E-state index contributed by atoms with van der Waals surface area (Å²) in [5.74, 6) is 0.627. The average Bonchev–Trinajstić information content (AvgIpc) is 3.06. The molecular formula is C22H26F3N5O3S. The number of amides is 1. The number of rotatable bonds is 11. The molecule has 0 unspecified atom stereocenters. The van der Waals surface area contributed by atoms with Crippen molar-refractivity contribution in [2.75, 3.05) is 25.0 Å². The number of benzene rings is 1. The fourth-order valence-corrected chi connectivity index (χ4v) is 4.55. The molecule has 1 aromatic carbocycles. The molecular weight excluding hydrogens is 471 g/mol. The van der Waals surface area contributed by atoms with Gasteiger partial charge in [0.25, 0.3) is 10.0 Å². The number of sulfonamides is 1. The molecule has 184 valence electrons. The Morgan fingerprint density at radius 1 is 1.03 bits per heavy atom. The summed E-state index contributed by atoms with van der Waals surface area (Å²) in [5.41, 5.74) is -0.225. The first kappa shape index (κ1) is 25.5. The summed E-state index contributed by atoms with van der Waals surface area (Å²) in [7, 11) is -3.53. The zero-order valence-corrected chi connectivity index (χ0v) is 19.2. The maximum absolute atomic E-state index is 12.5. The highest BCUT2D eigenvalue weighted by molar-refractivity contribution is 7.90. The Morgan fingerprint density at radius 3 is 2.56 bits per heavy atom. The van der Waals surface area contributed by atoms with Crippen molar-refractivity contribution < 1.29 is 26.4 Å². The Kier molecular flexibility index (Phi) is 8.48. The van der Waals surface area contributed by atoms with Gasteiger partial charge in [-0.05, 0) is 43.5 Å². The molecule has 1 aliphatic heterocycles. The summed E-state index contributed by atoms with van der Waals surface area (Å²) in [6.07, 6.45) is -0.465. The van der Waals surface area contributed by atoms with Gasteiger partial charge < -0.3 is 10.6 Å². The summed E-state index contributed by atoms with van der Waals surface area (Å²) in [4.78, 5) is 20.2. The molecule has 0 bridgehead atoms. The van der Waals surface area contributed by atoms with Crippen LogP contribution in [-0.2, 0) is 21.0 Å². The third-order valence-electron chi connectivity index (χ3n) is 5.07. The highest BCUT2D eigenvalue weighted by Crippen LogP contribution is 2.28. The van der Waals surface area contributed by atoms with Gasteiger partial charge in [-0.25, -0.2) is 13.4 Å². The molecule has 2 heterocycles. The van der Waals surface area contributed by atoms with E-state index in [-0.39, 0.29) is 10.8 Å². The van der Waals surface area contributed by atoms with Crippen molar-refractivity contribution >= 4 is 27.6 Å². The minimum absolute atomic E-state index is 0.0727. The molecule has 3 N–H and O–H groups in total. The molecule has 1 aliphatic rings. The number of carbonyl (C=O) groups excluding carboxylic acids is 1. The largest absolute Gasteiger partial charge is 0.417 e. The zero-order valence-electron chi connectivity index (χ0n) is 18.4. The average molecular weight is 498 g/mol. The number of unbranched alkanes of at least 4 members (excludes halogenated alkanes) is 2. The molecule has 12 heteroatoms. The summed E-state index contributed by atoms with van der Waals surface area (Å²) < 4.78 is 64.1. The normalized spacial score (nSPS) is 15.6. The number of anilines is 1. The summed E-state index contributed by atoms with van der Waals surface area (Å²) >= 11 is 0. The van der Waals surface area contributed by atoms with Crippen LogP contribution in [0, 0.1) is 0 Å². The molecule has 0 radical (unpaired) electrons. The summed E-state index contributed by atoms with van der Waals surface area (Å²) in [6.45, 7) is 1.36. The number of hydrogen-bond donors (Lipinski definition) is 3. The van der Waals surface area contributed by atoms with Gasteiger partial charge in [0, 0.05) is 37.8 Å². The number of aliphatic imine (C=N–C) groups is 1. The second-order valence-electron chi connectivity index (χ2n) is 7.70. The molecule has 3 rings (SSSR count). The van der Waals surface area contributed by atoms with E-state index in [4.69, 9.17) is 0 Å². The topological polar surface area (TPSA) is 113 Å². The van der Waals surface area contributed by atoms with Crippen LogP contribution < -0.4 is 15.4 Å². The molecule has 1 amide bonds. The van der Waals surface area contributed by atoms with E-state index in [2.05, 4.69) is 25.3 Å². The van der Waals surface area contributed by atoms with Gasteiger partial charge in [-0.2, -0.15) is 13.2 Å². The van der Waals surface area contributed by atoms with E-state index in [1.54, 1.807) is 24.3 Å². The van der Waals surface area contributed by atoms with Gasteiger partial charge in [0.1, 0.15) is 11.7 Å². The van der Waals surface area contributed by atoms with E-state index in [0.29, 0.717) is 56.1 Å². The van der Waals surface area contributed by atoms with Crippen molar-refractivity contribution in [3.63, 3.8) is 0 Å². The number of alkyl halides is 3. The molecule has 2 aromatic rings. The van der Waals surface area contributed by atoms with Crippen LogP contribution in [-0.4, -0.2) is 44.8 Å². The van der Waals surface area contributed by atoms with Crippen LogP contribution >= 0.6 is 0 Å². The molecule has 1 aromatic heterocycles. The van der Waals surface area contributed by atoms with Crippen LogP contribution in [0.2, 0.25) is 0 Å². The minimum atomic E-state index is -4.41. The van der Waals surface area contributed by atoms with Crippen molar-refractivity contribution in [2.24, 2.45) is 4.99 Å². The van der Waals surface area contributed by atoms with Gasteiger partial charge in [-0.15, -0.1) is 0 Å². The first-order chi connectivity index (χ1) is 16.2. The van der Waals surface area contributed by atoms with Gasteiger partial charge in [0.15, 0.2) is 0 Å². The number of pyridine rings is 1. The molecule has 0 saturated carbocycles. The lowest BCUT2D eigenvalue weighted by Gasteiger charge is -2.09. The number of nitrogens with one attached hydrogen (secondary N) is 3. The first-order valence-corrected chi connectivity index (χ1v) is 12.4. The lowest BCUT2D eigenvalue weighted by molar-refractivity contribution is -0.137. The van der Waals surface area contributed by atoms with Crippen LogP contribution in [0.5, 0.6) is 0 Å². The first-order valence-electron chi connectivity index (χ1n) is 10.9. The third kappa shape index (κ3) is 7.17. The number of aromatic nitrogens is 1. The number of amidine groups is 1. The number of halogens is 3. The molecule has 34 heavy (non-hydrogen) atoms. The van der Waals surface area contributed by atoms with E-state index >= 15 is 0 Å². The lowest BCUT2D eigenvalue weighted by atomic mass is 10.2. The lowest BCUT2D eigenvalue weighted by Crippen LogP contribution is -2.25. The quantitative estimate of drug-likeness (QED) is 0.413. The van der Waals surface area contributed by atoms with E-state index in [1.165, 1.54) is 6.07 Å². The second kappa shape index (κ2) is 11.3. The summed E-state index contributed by atoms with van der Waals surface area (Å²) in [5, 5.41) is 5.71. The number of fused-ring (bicyclic) bond motifs is 1. The number of hydrogen-bond acceptors (Lipinski definition) is 6.